The van der Waals surface area contributed by atoms with E-state index in [1.165, 1.54) is 0 Å². The molecule has 1 aromatic rings. The molecule has 2 unspecified atom stereocenters. The molecule has 0 aromatic heterocycles. The van der Waals surface area contributed by atoms with Gasteiger partial charge in [-0.3, -0.25) is 9.59 Å². The number of carbonyl (C=O) groups excluding carboxylic acids is 2. The van der Waals surface area contributed by atoms with E-state index in [9.17, 15) is 9.59 Å². The fraction of sp³-hybridized carbons (Fsp3) is 0.529. The number of likely N-dealkylation sites (tertiary alicyclic amines) is 1. The minimum atomic E-state index is 0.0252. The third-order valence-corrected chi connectivity index (χ3v) is 5.28. The van der Waals surface area contributed by atoms with E-state index in [0.717, 1.165) is 37.8 Å². The first-order valence-corrected chi connectivity index (χ1v) is 8.06. The van der Waals surface area contributed by atoms with Crippen LogP contribution in [-0.4, -0.2) is 29.2 Å². The van der Waals surface area contributed by atoms with Crippen LogP contribution in [0, 0.1) is 12.8 Å². The number of nitrogens with zero attached hydrogens (tertiary/aromatic N) is 1. The maximum Gasteiger partial charge on any atom is 0.254 e. The predicted octanol–water partition coefficient (Wildman–Crippen LogP) is 3.62. The molecule has 21 heavy (non-hydrogen) atoms. The van der Waals surface area contributed by atoms with Gasteiger partial charge in [0.25, 0.3) is 5.91 Å². The molecule has 0 radical (unpaired) electrons. The zero-order valence-corrected chi connectivity index (χ0v) is 13.0. The smallest absolute Gasteiger partial charge is 0.254 e. The second kappa shape index (κ2) is 5.80. The van der Waals surface area contributed by atoms with Crippen LogP contribution in [0.5, 0.6) is 0 Å². The van der Waals surface area contributed by atoms with Crippen molar-refractivity contribution in [3.63, 3.8) is 0 Å². The van der Waals surface area contributed by atoms with Gasteiger partial charge >= 0.3 is 0 Å². The van der Waals surface area contributed by atoms with E-state index in [4.69, 9.17) is 11.6 Å². The lowest BCUT2D eigenvalue weighted by atomic mass is 9.94. The molecule has 1 saturated heterocycles. The van der Waals surface area contributed by atoms with Crippen LogP contribution in [0.15, 0.2) is 18.2 Å². The topological polar surface area (TPSA) is 37.4 Å². The fourth-order valence-corrected chi connectivity index (χ4v) is 3.88. The zero-order valence-electron chi connectivity index (χ0n) is 12.3. The highest BCUT2D eigenvalue weighted by Gasteiger charge is 2.40. The van der Waals surface area contributed by atoms with E-state index < -0.39 is 0 Å². The molecule has 1 aliphatic carbocycles. The summed E-state index contributed by atoms with van der Waals surface area (Å²) < 4.78 is 0. The average molecular weight is 306 g/mol. The Labute approximate surface area is 130 Å². The van der Waals surface area contributed by atoms with E-state index in [-0.39, 0.29) is 17.9 Å². The molecule has 2 atom stereocenters. The molecule has 2 fully saturated rings. The van der Waals surface area contributed by atoms with Crippen LogP contribution in [0.2, 0.25) is 5.02 Å². The van der Waals surface area contributed by atoms with Gasteiger partial charge < -0.3 is 4.90 Å². The number of carbonyl (C=O) groups is 2. The number of Topliss-reactive ketones (excluding diaryl/α,β-unsaturated/α-hetero) is 1. The SMILES string of the molecule is Cc1c(Cl)cccc1C(=O)N1CCCC1C1CCCC1=O. The molecule has 3 nitrogen and oxygen atoms in total. The summed E-state index contributed by atoms with van der Waals surface area (Å²) in [5, 5.41) is 0.619. The van der Waals surface area contributed by atoms with Gasteiger partial charge in [0.05, 0.1) is 0 Å². The first-order chi connectivity index (χ1) is 10.1. The number of hydrogen-bond acceptors (Lipinski definition) is 2. The standard InChI is InChI=1S/C17H20ClNO2/c1-11-12(5-2-7-14(11)18)17(21)19-10-4-8-15(19)13-6-3-9-16(13)20/h2,5,7,13,15H,3-4,6,8-10H2,1H3. The van der Waals surface area contributed by atoms with Crippen LogP contribution in [0.3, 0.4) is 0 Å². The summed E-state index contributed by atoms with van der Waals surface area (Å²) >= 11 is 6.13. The Morgan fingerprint density at radius 2 is 2.10 bits per heavy atom. The molecule has 1 amide bonds. The number of rotatable bonds is 2. The monoisotopic (exact) mass is 305 g/mol. The van der Waals surface area contributed by atoms with Crippen molar-refractivity contribution in [3.05, 3.63) is 34.3 Å². The van der Waals surface area contributed by atoms with E-state index in [1.807, 2.05) is 24.0 Å². The van der Waals surface area contributed by atoms with Crippen LogP contribution in [0.4, 0.5) is 0 Å². The maximum atomic E-state index is 12.8. The normalized spacial score (nSPS) is 25.6. The lowest BCUT2D eigenvalue weighted by Gasteiger charge is -2.29. The molecule has 0 N–H and O–H groups in total. The van der Waals surface area contributed by atoms with Crippen LogP contribution in [0.1, 0.15) is 48.0 Å². The molecular weight excluding hydrogens is 286 g/mol. The van der Waals surface area contributed by atoms with E-state index >= 15 is 0 Å². The van der Waals surface area contributed by atoms with Crippen LogP contribution >= 0.6 is 11.6 Å². The van der Waals surface area contributed by atoms with Gasteiger partial charge in [-0.2, -0.15) is 0 Å². The number of hydrogen-bond donors (Lipinski definition) is 0. The molecule has 112 valence electrons. The van der Waals surface area contributed by atoms with Gasteiger partial charge in [0, 0.05) is 35.5 Å². The molecule has 3 rings (SSSR count). The number of amides is 1. The predicted molar refractivity (Wildman–Crippen MR) is 82.6 cm³/mol. The minimum absolute atomic E-state index is 0.0252. The van der Waals surface area contributed by atoms with Gasteiger partial charge in [-0.15, -0.1) is 0 Å². The third-order valence-electron chi connectivity index (χ3n) is 4.87. The van der Waals surface area contributed by atoms with Crippen LogP contribution in [-0.2, 0) is 4.79 Å². The minimum Gasteiger partial charge on any atom is -0.335 e. The van der Waals surface area contributed by atoms with E-state index in [1.54, 1.807) is 6.07 Å². The highest BCUT2D eigenvalue weighted by molar-refractivity contribution is 6.31. The van der Waals surface area contributed by atoms with Gasteiger partial charge in [0.2, 0.25) is 0 Å². The summed E-state index contributed by atoms with van der Waals surface area (Å²) in [5.74, 6) is 0.413. The first kappa shape index (κ1) is 14.6. The van der Waals surface area contributed by atoms with E-state index in [0.29, 0.717) is 22.8 Å². The summed E-state index contributed by atoms with van der Waals surface area (Å²) in [5.41, 5.74) is 1.49. The van der Waals surface area contributed by atoms with Gasteiger partial charge in [0.15, 0.2) is 0 Å². The van der Waals surface area contributed by atoms with Gasteiger partial charge in [0.1, 0.15) is 5.78 Å². The van der Waals surface area contributed by atoms with Crippen molar-refractivity contribution in [1.29, 1.82) is 0 Å². The molecule has 1 aromatic carbocycles. The Morgan fingerprint density at radius 1 is 1.29 bits per heavy atom. The summed E-state index contributed by atoms with van der Waals surface area (Å²) in [4.78, 5) is 26.8. The van der Waals surface area contributed by atoms with Crippen LogP contribution in [0.25, 0.3) is 0 Å². The molecule has 4 heteroatoms. The molecule has 1 aliphatic heterocycles. The van der Waals surface area contributed by atoms with E-state index in [2.05, 4.69) is 0 Å². The number of halogens is 1. The summed E-state index contributed by atoms with van der Waals surface area (Å²) in [6, 6.07) is 5.53. The second-order valence-corrected chi connectivity index (χ2v) is 6.49. The second-order valence-electron chi connectivity index (χ2n) is 6.09. The first-order valence-electron chi connectivity index (χ1n) is 7.68. The van der Waals surface area contributed by atoms with Gasteiger partial charge in [-0.05, 0) is 50.3 Å². The van der Waals surface area contributed by atoms with Crippen molar-refractivity contribution in [2.24, 2.45) is 5.92 Å². The lowest BCUT2D eigenvalue weighted by Crippen LogP contribution is -2.41. The molecule has 1 saturated carbocycles. The lowest BCUT2D eigenvalue weighted by molar-refractivity contribution is -0.121. The van der Waals surface area contributed by atoms with Crippen molar-refractivity contribution in [2.75, 3.05) is 6.54 Å². The Kier molecular flexibility index (Phi) is 4.03. The average Bonchev–Trinajstić information content (AvgIpc) is 3.09. The van der Waals surface area contributed by atoms with Crippen LogP contribution < -0.4 is 0 Å². The summed E-state index contributed by atoms with van der Waals surface area (Å²) in [6.45, 7) is 2.63. The highest BCUT2D eigenvalue weighted by atomic mass is 35.5. The summed E-state index contributed by atoms with van der Waals surface area (Å²) in [6.07, 6.45) is 4.51. The third kappa shape index (κ3) is 2.59. The molecular formula is C17H20ClNO2. The van der Waals surface area contributed by atoms with Crippen molar-refractivity contribution < 1.29 is 9.59 Å². The quantitative estimate of drug-likeness (QED) is 0.837. The molecule has 0 bridgehead atoms. The van der Waals surface area contributed by atoms with Crippen molar-refractivity contribution in [2.45, 2.75) is 45.1 Å². The molecule has 1 heterocycles. The Morgan fingerprint density at radius 3 is 2.81 bits per heavy atom. The Hall–Kier alpha value is -1.35. The Bertz CT molecular complexity index is 584. The maximum absolute atomic E-state index is 12.8. The molecule has 2 aliphatic rings. The Balaban J connectivity index is 1.86. The largest absolute Gasteiger partial charge is 0.335 e. The number of benzene rings is 1. The van der Waals surface area contributed by atoms with Crippen molar-refractivity contribution in [3.8, 4) is 0 Å². The highest BCUT2D eigenvalue weighted by Crippen LogP contribution is 2.34. The van der Waals surface area contributed by atoms with Gasteiger partial charge in [-0.25, -0.2) is 0 Å². The number of ketones is 1. The van der Waals surface area contributed by atoms with Crippen molar-refractivity contribution >= 4 is 23.3 Å². The molecule has 0 spiro atoms. The van der Waals surface area contributed by atoms with Crippen molar-refractivity contribution in [1.82, 2.24) is 4.90 Å². The van der Waals surface area contributed by atoms with Gasteiger partial charge in [-0.1, -0.05) is 17.7 Å². The fourth-order valence-electron chi connectivity index (χ4n) is 3.71. The summed E-state index contributed by atoms with van der Waals surface area (Å²) in [7, 11) is 0. The zero-order chi connectivity index (χ0) is 15.0.